The molecule has 378 valence electrons. The van der Waals surface area contributed by atoms with Crippen LogP contribution in [0.5, 0.6) is 0 Å². The molecule has 0 amide bonds. The van der Waals surface area contributed by atoms with Crippen LogP contribution >= 0.6 is 0 Å². The molecule has 13 aromatic rings. The van der Waals surface area contributed by atoms with E-state index in [1.54, 1.807) is 0 Å². The fourth-order valence-electron chi connectivity index (χ4n) is 12.0. The van der Waals surface area contributed by atoms with Crippen molar-refractivity contribution < 1.29 is 0 Å². The van der Waals surface area contributed by atoms with Crippen LogP contribution in [0.15, 0.2) is 303 Å². The van der Waals surface area contributed by atoms with Crippen molar-refractivity contribution in [3.05, 3.63) is 303 Å². The van der Waals surface area contributed by atoms with Gasteiger partial charge in [-0.05, 0) is 121 Å². The maximum absolute atomic E-state index is 5.10. The predicted molar refractivity (Wildman–Crippen MR) is 337 cm³/mol. The molecule has 2 aliphatic rings. The molecule has 0 spiro atoms. The molecule has 0 saturated heterocycles. The molecule has 12 aromatic carbocycles. The van der Waals surface area contributed by atoms with E-state index in [1.165, 1.54) is 60.9 Å². The van der Waals surface area contributed by atoms with Gasteiger partial charge in [-0.15, -0.1) is 0 Å². The van der Waals surface area contributed by atoms with Crippen LogP contribution in [-0.2, 0) is 0 Å². The average molecular weight is 1030 g/mol. The highest BCUT2D eigenvalue weighted by Gasteiger charge is 2.44. The minimum absolute atomic E-state index is 0.120. The lowest BCUT2D eigenvalue weighted by Gasteiger charge is -2.44. The lowest BCUT2D eigenvalue weighted by Crippen LogP contribution is -2.61. The summed E-state index contributed by atoms with van der Waals surface area (Å²) < 4.78 is 0. The van der Waals surface area contributed by atoms with Gasteiger partial charge in [0.25, 0.3) is 6.71 Å². The van der Waals surface area contributed by atoms with E-state index in [1.807, 2.05) is 60.7 Å². The molecule has 0 radical (unpaired) electrons. The Labute approximate surface area is 472 Å². The largest absolute Gasteiger partial charge is 0.311 e. The first-order chi connectivity index (χ1) is 40.1. The van der Waals surface area contributed by atoms with Gasteiger partial charge < -0.3 is 9.80 Å². The Hall–Kier alpha value is -10.7. The third-order valence-electron chi connectivity index (χ3n) is 15.9. The Kier molecular flexibility index (Phi) is 11.9. The molecule has 3 heterocycles. The minimum Gasteiger partial charge on any atom is -0.311 e. The summed E-state index contributed by atoms with van der Waals surface area (Å²) in [6, 6.07) is 109. The summed E-state index contributed by atoms with van der Waals surface area (Å²) in [5.74, 6) is 1.88. The summed E-state index contributed by atoms with van der Waals surface area (Å²) in [7, 11) is 0. The Morgan fingerprint density at radius 3 is 0.827 bits per heavy atom. The van der Waals surface area contributed by atoms with E-state index in [0.29, 0.717) is 17.5 Å². The van der Waals surface area contributed by atoms with Gasteiger partial charge in [0.1, 0.15) is 0 Å². The lowest BCUT2D eigenvalue weighted by molar-refractivity contribution is 1.07. The van der Waals surface area contributed by atoms with Crippen LogP contribution in [0, 0.1) is 0 Å². The van der Waals surface area contributed by atoms with Gasteiger partial charge in [-0.25, -0.2) is 15.0 Å². The second-order valence-electron chi connectivity index (χ2n) is 20.8. The summed E-state index contributed by atoms with van der Waals surface area (Å²) in [4.78, 5) is 20.2. The highest BCUT2D eigenvalue weighted by atomic mass is 15.2. The molecule has 2 aliphatic heterocycles. The van der Waals surface area contributed by atoms with E-state index < -0.39 is 0 Å². The number of hydrogen-bond acceptors (Lipinski definition) is 5. The van der Waals surface area contributed by atoms with Gasteiger partial charge in [-0.3, -0.25) is 0 Å². The predicted octanol–water partition coefficient (Wildman–Crippen LogP) is 17.3. The highest BCUT2D eigenvalue weighted by molar-refractivity contribution is 7.00. The van der Waals surface area contributed by atoms with Crippen molar-refractivity contribution >= 4 is 57.2 Å². The molecule has 1 aromatic heterocycles. The molecule has 81 heavy (non-hydrogen) atoms. The summed E-state index contributed by atoms with van der Waals surface area (Å²) in [5.41, 5.74) is 24.8. The molecule has 0 fully saturated rings. The van der Waals surface area contributed by atoms with Crippen LogP contribution in [0.1, 0.15) is 0 Å². The van der Waals surface area contributed by atoms with Gasteiger partial charge in [0.15, 0.2) is 17.5 Å². The first kappa shape index (κ1) is 47.5. The average Bonchev–Trinajstić information content (AvgIpc) is 3.08. The molecule has 0 saturated carbocycles. The van der Waals surface area contributed by atoms with Gasteiger partial charge in [-0.1, -0.05) is 255 Å². The van der Waals surface area contributed by atoms with E-state index in [4.69, 9.17) is 15.0 Å². The third kappa shape index (κ3) is 8.76. The molecule has 15 rings (SSSR count). The molecule has 5 nitrogen and oxygen atoms in total. The second kappa shape index (κ2) is 20.3. The van der Waals surface area contributed by atoms with Gasteiger partial charge in [0.2, 0.25) is 0 Å². The number of aromatic nitrogens is 3. The van der Waals surface area contributed by atoms with Gasteiger partial charge >= 0.3 is 0 Å². The quantitative estimate of drug-likeness (QED) is 0.128. The summed E-state index contributed by atoms with van der Waals surface area (Å²) in [5, 5.41) is 0. The molecular formula is C75H50BN5. The Morgan fingerprint density at radius 2 is 0.469 bits per heavy atom. The third-order valence-corrected chi connectivity index (χ3v) is 15.9. The molecule has 0 unspecified atom stereocenters. The summed E-state index contributed by atoms with van der Waals surface area (Å²) in [6.45, 7) is -0.120. The van der Waals surface area contributed by atoms with Crippen molar-refractivity contribution in [1.82, 2.24) is 15.0 Å². The maximum Gasteiger partial charge on any atom is 0.252 e. The standard InChI is InChI=1S/C75H50BN5/c1-7-19-51(20-8-1)55-35-41-64(42-36-55)80-68-45-39-61(53-23-11-3-12-24-53)47-66(68)76-67-48-62(54-25-13-4-14-26-54)40-46-69(67)81(65-43-37-56(38-44-65)52-21-9-2-10-22-52)71-50-63(49-70(80)72(71)76)57-31-33-60(34-32-57)75-78-73(58-27-15-5-16-28-58)77-74(79-75)59-29-17-6-18-30-59/h1-50H. The fraction of sp³-hybridized carbons (Fsp3) is 0. The fourth-order valence-corrected chi connectivity index (χ4v) is 12.0. The zero-order chi connectivity index (χ0) is 53.6. The van der Waals surface area contributed by atoms with Crippen molar-refractivity contribution in [1.29, 1.82) is 0 Å². The van der Waals surface area contributed by atoms with Crippen molar-refractivity contribution in [2.75, 3.05) is 9.80 Å². The maximum atomic E-state index is 5.10. The van der Waals surface area contributed by atoms with E-state index >= 15 is 0 Å². The van der Waals surface area contributed by atoms with Gasteiger partial charge in [0.05, 0.1) is 0 Å². The smallest absolute Gasteiger partial charge is 0.252 e. The monoisotopic (exact) mass is 1030 g/mol. The Bertz CT molecular complexity index is 4150. The van der Waals surface area contributed by atoms with Crippen molar-refractivity contribution in [2.24, 2.45) is 0 Å². The second-order valence-corrected chi connectivity index (χ2v) is 20.8. The normalized spacial score (nSPS) is 12.1. The molecular weight excluding hydrogens is 982 g/mol. The zero-order valence-electron chi connectivity index (χ0n) is 44.2. The van der Waals surface area contributed by atoms with Crippen LogP contribution in [0.4, 0.5) is 34.1 Å². The first-order valence-electron chi connectivity index (χ1n) is 27.6. The van der Waals surface area contributed by atoms with Crippen molar-refractivity contribution in [3.8, 4) is 89.8 Å². The SMILES string of the molecule is c1ccc(-c2ccc(N3c4ccc(-c5ccccc5)cc4B4c5cc(-c6ccccc6)ccc5N(c5ccc(-c6ccccc6)cc5)c5cc(-c6ccc(-c7nc(-c8ccccc8)nc(-c8ccccc8)n7)cc6)cc3c54)cc2)cc1. The van der Waals surface area contributed by atoms with Gasteiger partial charge in [-0.2, -0.15) is 0 Å². The summed E-state index contributed by atoms with van der Waals surface area (Å²) >= 11 is 0. The molecule has 0 bridgehead atoms. The van der Waals surface area contributed by atoms with Gasteiger partial charge in [0, 0.05) is 50.8 Å². The number of anilines is 6. The molecule has 6 heteroatoms. The number of rotatable bonds is 10. The molecule has 0 N–H and O–H groups in total. The minimum atomic E-state index is -0.120. The highest BCUT2D eigenvalue weighted by Crippen LogP contribution is 2.47. The lowest BCUT2D eigenvalue weighted by atomic mass is 9.33. The number of hydrogen-bond donors (Lipinski definition) is 0. The van der Waals surface area contributed by atoms with Crippen molar-refractivity contribution in [3.63, 3.8) is 0 Å². The van der Waals surface area contributed by atoms with Crippen molar-refractivity contribution in [2.45, 2.75) is 0 Å². The molecule has 0 aliphatic carbocycles. The molecule has 0 atom stereocenters. The van der Waals surface area contributed by atoms with E-state index in [0.717, 1.165) is 61.9 Å². The van der Waals surface area contributed by atoms with Crippen LogP contribution < -0.4 is 26.2 Å². The first-order valence-corrected chi connectivity index (χ1v) is 27.6. The van der Waals surface area contributed by atoms with E-state index in [2.05, 4.69) is 252 Å². The van der Waals surface area contributed by atoms with Crippen LogP contribution in [0.2, 0.25) is 0 Å². The Balaban J connectivity index is 0.963. The summed E-state index contributed by atoms with van der Waals surface area (Å²) in [6.07, 6.45) is 0. The zero-order valence-corrected chi connectivity index (χ0v) is 44.2. The van der Waals surface area contributed by atoms with E-state index in [9.17, 15) is 0 Å². The van der Waals surface area contributed by atoms with Crippen LogP contribution in [-0.4, -0.2) is 21.7 Å². The topological polar surface area (TPSA) is 45.2 Å². The number of fused-ring (bicyclic) bond motifs is 4. The number of benzene rings is 12. The van der Waals surface area contributed by atoms with Crippen LogP contribution in [0.3, 0.4) is 0 Å². The van der Waals surface area contributed by atoms with Crippen LogP contribution in [0.25, 0.3) is 89.8 Å². The Morgan fingerprint density at radius 1 is 0.210 bits per heavy atom. The number of nitrogens with zero attached hydrogens (tertiary/aromatic N) is 5. The van der Waals surface area contributed by atoms with E-state index in [-0.39, 0.29) is 6.71 Å².